The van der Waals surface area contributed by atoms with Crippen LogP contribution in [0.25, 0.3) is 22.4 Å². The standard InChI is InChI=1S/C25H22FN3O4/c1-15(2)29(19-7-5-4-6-8-19)22(30)14-32-25(31)20-13-21(17-9-11-18(26)12-10-17)27-24-23(20)16(3)28-33-24/h4-13,15H,14H2,1-3H3. The number of benzene rings is 2. The van der Waals surface area contributed by atoms with Crippen molar-refractivity contribution in [2.75, 3.05) is 11.5 Å². The maximum absolute atomic E-state index is 13.3. The van der Waals surface area contributed by atoms with E-state index in [4.69, 9.17) is 9.26 Å². The van der Waals surface area contributed by atoms with Crippen LogP contribution in [0.3, 0.4) is 0 Å². The maximum Gasteiger partial charge on any atom is 0.339 e. The topological polar surface area (TPSA) is 85.5 Å². The van der Waals surface area contributed by atoms with E-state index >= 15 is 0 Å². The van der Waals surface area contributed by atoms with Gasteiger partial charge < -0.3 is 14.2 Å². The third-order valence-corrected chi connectivity index (χ3v) is 5.12. The van der Waals surface area contributed by atoms with E-state index in [0.29, 0.717) is 28.0 Å². The first kappa shape index (κ1) is 22.1. The summed E-state index contributed by atoms with van der Waals surface area (Å²) >= 11 is 0. The monoisotopic (exact) mass is 447 g/mol. The lowest BCUT2D eigenvalue weighted by Crippen LogP contribution is -2.39. The molecule has 0 saturated carbocycles. The van der Waals surface area contributed by atoms with Crippen molar-refractivity contribution in [2.24, 2.45) is 0 Å². The number of aryl methyl sites for hydroxylation is 1. The molecule has 168 valence electrons. The molecule has 0 aliphatic heterocycles. The number of ether oxygens (including phenoxy) is 1. The van der Waals surface area contributed by atoms with Crippen LogP contribution in [-0.4, -0.2) is 34.7 Å². The Labute approximate surface area is 189 Å². The minimum Gasteiger partial charge on any atom is -0.452 e. The summed E-state index contributed by atoms with van der Waals surface area (Å²) in [6.45, 7) is 5.01. The van der Waals surface area contributed by atoms with Crippen molar-refractivity contribution in [3.63, 3.8) is 0 Å². The Hall–Kier alpha value is -4.07. The molecule has 0 N–H and O–H groups in total. The molecule has 33 heavy (non-hydrogen) atoms. The van der Waals surface area contributed by atoms with Gasteiger partial charge in [-0.3, -0.25) is 4.79 Å². The highest BCUT2D eigenvalue weighted by molar-refractivity contribution is 6.05. The van der Waals surface area contributed by atoms with Gasteiger partial charge in [0, 0.05) is 17.3 Å². The second-order valence-electron chi connectivity index (χ2n) is 7.78. The van der Waals surface area contributed by atoms with Gasteiger partial charge in [0.05, 0.1) is 22.3 Å². The molecule has 0 aliphatic rings. The molecule has 8 heteroatoms. The first-order valence-electron chi connectivity index (χ1n) is 10.4. The number of pyridine rings is 1. The fourth-order valence-corrected chi connectivity index (χ4v) is 3.62. The van der Waals surface area contributed by atoms with Crippen molar-refractivity contribution < 1.29 is 23.2 Å². The zero-order valence-electron chi connectivity index (χ0n) is 18.4. The van der Waals surface area contributed by atoms with E-state index in [2.05, 4.69) is 10.1 Å². The Balaban J connectivity index is 1.61. The number of aromatic nitrogens is 2. The molecular weight excluding hydrogens is 425 g/mol. The Morgan fingerprint density at radius 1 is 1.09 bits per heavy atom. The van der Waals surface area contributed by atoms with E-state index in [1.165, 1.54) is 18.2 Å². The first-order chi connectivity index (χ1) is 15.8. The van der Waals surface area contributed by atoms with Crippen molar-refractivity contribution in [1.29, 1.82) is 0 Å². The third kappa shape index (κ3) is 4.59. The second kappa shape index (κ2) is 9.20. The van der Waals surface area contributed by atoms with E-state index in [1.54, 1.807) is 24.0 Å². The first-order valence-corrected chi connectivity index (χ1v) is 10.4. The molecule has 2 heterocycles. The number of nitrogens with zero attached hydrogens (tertiary/aromatic N) is 3. The Kier molecular flexibility index (Phi) is 6.17. The third-order valence-electron chi connectivity index (χ3n) is 5.12. The predicted molar refractivity (Wildman–Crippen MR) is 121 cm³/mol. The molecule has 0 bridgehead atoms. The lowest BCUT2D eigenvalue weighted by atomic mass is 10.1. The molecule has 0 atom stereocenters. The van der Waals surface area contributed by atoms with Gasteiger partial charge in [0.15, 0.2) is 6.61 Å². The Morgan fingerprint density at radius 2 is 1.79 bits per heavy atom. The summed E-state index contributed by atoms with van der Waals surface area (Å²) in [7, 11) is 0. The molecule has 2 aromatic carbocycles. The molecule has 0 fully saturated rings. The molecule has 0 unspecified atom stereocenters. The van der Waals surface area contributed by atoms with Gasteiger partial charge in [-0.1, -0.05) is 23.4 Å². The number of hydrogen-bond acceptors (Lipinski definition) is 6. The smallest absolute Gasteiger partial charge is 0.339 e. The summed E-state index contributed by atoms with van der Waals surface area (Å²) in [6, 6.07) is 16.3. The summed E-state index contributed by atoms with van der Waals surface area (Å²) in [5.41, 5.74) is 2.49. The maximum atomic E-state index is 13.3. The molecule has 0 spiro atoms. The van der Waals surface area contributed by atoms with Crippen LogP contribution in [0.1, 0.15) is 29.9 Å². The van der Waals surface area contributed by atoms with Crippen molar-refractivity contribution in [3.8, 4) is 11.3 Å². The van der Waals surface area contributed by atoms with Crippen molar-refractivity contribution in [2.45, 2.75) is 26.8 Å². The fourth-order valence-electron chi connectivity index (χ4n) is 3.62. The van der Waals surface area contributed by atoms with E-state index in [-0.39, 0.29) is 29.0 Å². The molecule has 0 radical (unpaired) electrons. The number of para-hydroxylation sites is 1. The second-order valence-corrected chi connectivity index (χ2v) is 7.78. The van der Waals surface area contributed by atoms with Crippen LogP contribution in [0.5, 0.6) is 0 Å². The van der Waals surface area contributed by atoms with Gasteiger partial charge in [-0.05, 0) is 63.2 Å². The lowest BCUT2D eigenvalue weighted by Gasteiger charge is -2.26. The average molecular weight is 447 g/mol. The Morgan fingerprint density at radius 3 is 2.45 bits per heavy atom. The van der Waals surface area contributed by atoms with Gasteiger partial charge in [0.25, 0.3) is 11.6 Å². The van der Waals surface area contributed by atoms with Gasteiger partial charge in [-0.15, -0.1) is 0 Å². The number of amides is 1. The zero-order valence-corrected chi connectivity index (χ0v) is 18.4. The van der Waals surface area contributed by atoms with Crippen molar-refractivity contribution in [1.82, 2.24) is 10.1 Å². The van der Waals surface area contributed by atoms with Crippen LogP contribution in [0, 0.1) is 12.7 Å². The van der Waals surface area contributed by atoms with Crippen LogP contribution in [-0.2, 0) is 9.53 Å². The highest BCUT2D eigenvalue weighted by atomic mass is 19.1. The lowest BCUT2D eigenvalue weighted by molar-refractivity contribution is -0.122. The SMILES string of the molecule is Cc1noc2nc(-c3ccc(F)cc3)cc(C(=O)OCC(=O)N(c3ccccc3)C(C)C)c12. The molecule has 4 rings (SSSR count). The van der Waals surface area contributed by atoms with Crippen LogP contribution in [0.4, 0.5) is 10.1 Å². The number of rotatable bonds is 6. The minimum atomic E-state index is -0.706. The van der Waals surface area contributed by atoms with Crippen LogP contribution >= 0.6 is 0 Å². The summed E-state index contributed by atoms with van der Waals surface area (Å²) in [5.74, 6) is -1.44. The number of carbonyl (C=O) groups excluding carboxylic acids is 2. The van der Waals surface area contributed by atoms with Crippen LogP contribution < -0.4 is 4.90 Å². The number of esters is 1. The van der Waals surface area contributed by atoms with Gasteiger partial charge in [-0.25, -0.2) is 14.2 Å². The molecule has 0 aliphatic carbocycles. The van der Waals surface area contributed by atoms with Gasteiger partial charge in [0.2, 0.25) is 0 Å². The Bertz CT molecular complexity index is 1300. The van der Waals surface area contributed by atoms with Gasteiger partial charge in [0.1, 0.15) is 5.82 Å². The zero-order chi connectivity index (χ0) is 23.5. The molecule has 7 nitrogen and oxygen atoms in total. The van der Waals surface area contributed by atoms with Crippen molar-refractivity contribution >= 4 is 28.7 Å². The summed E-state index contributed by atoms with van der Waals surface area (Å²) in [6.07, 6.45) is 0. The highest BCUT2D eigenvalue weighted by Crippen LogP contribution is 2.28. The molecule has 1 amide bonds. The van der Waals surface area contributed by atoms with Gasteiger partial charge >= 0.3 is 5.97 Å². The normalized spacial score (nSPS) is 11.1. The van der Waals surface area contributed by atoms with Gasteiger partial charge in [-0.2, -0.15) is 0 Å². The van der Waals surface area contributed by atoms with E-state index in [0.717, 1.165) is 0 Å². The number of fused-ring (bicyclic) bond motifs is 1. The largest absolute Gasteiger partial charge is 0.452 e. The molecular formula is C25H22FN3O4. The molecule has 2 aromatic heterocycles. The van der Waals surface area contributed by atoms with E-state index < -0.39 is 12.6 Å². The quantitative estimate of drug-likeness (QED) is 0.390. The summed E-state index contributed by atoms with van der Waals surface area (Å²) in [4.78, 5) is 31.9. The number of hydrogen-bond donors (Lipinski definition) is 0. The number of anilines is 1. The van der Waals surface area contributed by atoms with Crippen LogP contribution in [0.2, 0.25) is 0 Å². The molecule has 4 aromatic rings. The fraction of sp³-hybridized carbons (Fsp3) is 0.200. The summed E-state index contributed by atoms with van der Waals surface area (Å²) < 4.78 is 24.0. The van der Waals surface area contributed by atoms with Crippen LogP contribution in [0.15, 0.2) is 65.2 Å². The number of carbonyl (C=O) groups is 2. The van der Waals surface area contributed by atoms with Crippen molar-refractivity contribution in [3.05, 3.63) is 77.7 Å². The minimum absolute atomic E-state index is 0.128. The number of halogens is 1. The summed E-state index contributed by atoms with van der Waals surface area (Å²) in [5, 5.41) is 4.30. The molecule has 0 saturated heterocycles. The highest BCUT2D eigenvalue weighted by Gasteiger charge is 2.24. The van der Waals surface area contributed by atoms with E-state index in [1.807, 2.05) is 44.2 Å². The predicted octanol–water partition coefficient (Wildman–Crippen LogP) is 4.94. The average Bonchev–Trinajstić information content (AvgIpc) is 3.18. The van der Waals surface area contributed by atoms with E-state index in [9.17, 15) is 14.0 Å².